The third kappa shape index (κ3) is 6.44. The number of anilines is 1. The second kappa shape index (κ2) is 11.1. The molecule has 0 aliphatic heterocycles. The first-order chi connectivity index (χ1) is 18.4. The smallest absolute Gasteiger partial charge is 0.326 e. The number of halogens is 2. The standard InChI is InChI=1S/C29H31F2N3O4S/c1-5-8-27-32-24-17-22(15-16-25(24)33(27)19-28(35)38-29(2,3)4)34(18-20-11-13-21(30)14-12-20)39(36,37)26-10-7-6-9-23(26)31/h6-7,9-17H,5,8,18-19H2,1-4H3. The highest BCUT2D eigenvalue weighted by atomic mass is 32.2. The van der Waals surface area contributed by atoms with Crippen molar-refractivity contribution in [3.8, 4) is 0 Å². The molecule has 0 radical (unpaired) electrons. The normalized spacial score (nSPS) is 12.1. The summed E-state index contributed by atoms with van der Waals surface area (Å²) in [7, 11) is -4.36. The van der Waals surface area contributed by atoms with Gasteiger partial charge >= 0.3 is 5.97 Å². The van der Waals surface area contributed by atoms with Gasteiger partial charge in [-0.25, -0.2) is 22.2 Å². The maximum atomic E-state index is 14.7. The predicted octanol–water partition coefficient (Wildman–Crippen LogP) is 6.00. The number of esters is 1. The van der Waals surface area contributed by atoms with Crippen molar-refractivity contribution >= 4 is 32.7 Å². The van der Waals surface area contributed by atoms with Crippen LogP contribution in [0.3, 0.4) is 0 Å². The average molecular weight is 556 g/mol. The molecule has 0 N–H and O–H groups in total. The molecule has 1 heterocycles. The SMILES string of the molecule is CCCc1nc2cc(N(Cc3ccc(F)cc3)S(=O)(=O)c3ccccc3F)ccc2n1CC(=O)OC(C)(C)C. The van der Waals surface area contributed by atoms with Gasteiger partial charge in [-0.3, -0.25) is 9.10 Å². The minimum atomic E-state index is -4.36. The molecule has 0 fully saturated rings. The van der Waals surface area contributed by atoms with Crippen molar-refractivity contribution in [2.45, 2.75) is 64.1 Å². The third-order valence-corrected chi connectivity index (χ3v) is 7.73. The van der Waals surface area contributed by atoms with Crippen molar-refractivity contribution in [3.05, 3.63) is 89.8 Å². The van der Waals surface area contributed by atoms with Crippen LogP contribution in [0.15, 0.2) is 71.6 Å². The summed E-state index contributed by atoms with van der Waals surface area (Å²) in [5.74, 6) is -1.09. The van der Waals surface area contributed by atoms with Crippen molar-refractivity contribution < 1.29 is 26.7 Å². The Hall–Kier alpha value is -3.79. The molecule has 0 saturated carbocycles. The van der Waals surface area contributed by atoms with Gasteiger partial charge in [-0.1, -0.05) is 31.2 Å². The van der Waals surface area contributed by atoms with Crippen LogP contribution in [0.1, 0.15) is 45.5 Å². The van der Waals surface area contributed by atoms with Crippen LogP contribution in [0.2, 0.25) is 0 Å². The van der Waals surface area contributed by atoms with E-state index in [-0.39, 0.29) is 18.8 Å². The molecule has 0 aliphatic carbocycles. The van der Waals surface area contributed by atoms with Crippen LogP contribution < -0.4 is 4.31 Å². The fourth-order valence-corrected chi connectivity index (χ4v) is 5.77. The number of hydrogen-bond acceptors (Lipinski definition) is 5. The number of ether oxygens (including phenoxy) is 1. The highest BCUT2D eigenvalue weighted by molar-refractivity contribution is 7.92. The lowest BCUT2D eigenvalue weighted by molar-refractivity contribution is -0.155. The summed E-state index contributed by atoms with van der Waals surface area (Å²) in [5.41, 5.74) is 1.23. The van der Waals surface area contributed by atoms with Crippen molar-refractivity contribution in [2.75, 3.05) is 4.31 Å². The lowest BCUT2D eigenvalue weighted by Crippen LogP contribution is -2.31. The van der Waals surface area contributed by atoms with Crippen molar-refractivity contribution in [1.29, 1.82) is 0 Å². The minimum absolute atomic E-state index is 0.0464. The first kappa shape index (κ1) is 28.2. The number of benzene rings is 3. The quantitative estimate of drug-likeness (QED) is 0.237. The molecule has 0 bridgehead atoms. The average Bonchev–Trinajstić information content (AvgIpc) is 3.18. The van der Waals surface area contributed by atoms with Gasteiger partial charge in [0.05, 0.1) is 23.3 Å². The number of carbonyl (C=O) groups is 1. The molecular formula is C29H31F2N3O4S. The van der Waals surface area contributed by atoms with E-state index in [1.165, 1.54) is 42.5 Å². The Bertz CT molecular complexity index is 1590. The van der Waals surface area contributed by atoms with Crippen molar-refractivity contribution in [1.82, 2.24) is 9.55 Å². The Kier molecular flexibility index (Phi) is 8.06. The Morgan fingerprint density at radius 2 is 1.72 bits per heavy atom. The molecule has 206 valence electrons. The number of hydrogen-bond donors (Lipinski definition) is 0. The molecule has 0 amide bonds. The largest absolute Gasteiger partial charge is 0.459 e. The predicted molar refractivity (Wildman–Crippen MR) is 146 cm³/mol. The first-order valence-corrected chi connectivity index (χ1v) is 14.1. The zero-order valence-corrected chi connectivity index (χ0v) is 23.1. The number of aryl methyl sites for hydroxylation is 1. The van der Waals surface area contributed by atoms with Crippen LogP contribution in [0.25, 0.3) is 11.0 Å². The van der Waals surface area contributed by atoms with Crippen LogP contribution in [-0.2, 0) is 39.1 Å². The summed E-state index contributed by atoms with van der Waals surface area (Å²) in [5, 5.41) is 0. The zero-order chi connectivity index (χ0) is 28.4. The molecule has 0 aliphatic rings. The second-order valence-corrected chi connectivity index (χ2v) is 12.0. The fourth-order valence-electron chi connectivity index (χ4n) is 4.26. The van der Waals surface area contributed by atoms with Crippen molar-refractivity contribution in [2.24, 2.45) is 0 Å². The number of sulfonamides is 1. The summed E-state index contributed by atoms with van der Waals surface area (Å²) in [4.78, 5) is 16.8. The minimum Gasteiger partial charge on any atom is -0.459 e. The second-order valence-electron chi connectivity index (χ2n) is 10.2. The molecule has 0 unspecified atom stereocenters. The summed E-state index contributed by atoms with van der Waals surface area (Å²) < 4.78 is 64.0. The summed E-state index contributed by atoms with van der Waals surface area (Å²) in [6.45, 7) is 7.16. The Morgan fingerprint density at radius 3 is 2.36 bits per heavy atom. The summed E-state index contributed by atoms with van der Waals surface area (Å²) in [6.07, 6.45) is 1.38. The van der Waals surface area contributed by atoms with Gasteiger partial charge in [0.25, 0.3) is 10.0 Å². The topological polar surface area (TPSA) is 81.5 Å². The van der Waals surface area contributed by atoms with E-state index in [1.807, 2.05) is 6.92 Å². The van der Waals surface area contributed by atoms with Crippen LogP contribution in [0.4, 0.5) is 14.5 Å². The highest BCUT2D eigenvalue weighted by Crippen LogP contribution is 2.31. The third-order valence-electron chi connectivity index (χ3n) is 5.92. The van der Waals surface area contributed by atoms with Gasteiger partial charge in [0.15, 0.2) is 0 Å². The maximum absolute atomic E-state index is 14.7. The van der Waals surface area contributed by atoms with E-state index in [4.69, 9.17) is 9.72 Å². The summed E-state index contributed by atoms with van der Waals surface area (Å²) >= 11 is 0. The molecule has 10 heteroatoms. The van der Waals surface area contributed by atoms with E-state index in [0.717, 1.165) is 16.8 Å². The van der Waals surface area contributed by atoms with Gasteiger partial charge in [-0.15, -0.1) is 0 Å². The van der Waals surface area contributed by atoms with Gasteiger partial charge in [-0.05, 0) is 75.2 Å². The van der Waals surface area contributed by atoms with Gasteiger partial charge < -0.3 is 9.30 Å². The van der Waals surface area contributed by atoms with Crippen LogP contribution in [0, 0.1) is 11.6 Å². The van der Waals surface area contributed by atoms with Gasteiger partial charge in [-0.2, -0.15) is 0 Å². The molecule has 4 rings (SSSR count). The number of rotatable bonds is 9. The number of nitrogens with zero attached hydrogens (tertiary/aromatic N) is 3. The molecule has 1 aromatic heterocycles. The first-order valence-electron chi connectivity index (χ1n) is 12.6. The molecule has 0 saturated heterocycles. The lowest BCUT2D eigenvalue weighted by Gasteiger charge is -2.25. The van der Waals surface area contributed by atoms with E-state index in [0.29, 0.717) is 28.8 Å². The number of carbonyl (C=O) groups excluding carboxylic acids is 1. The molecule has 4 aromatic rings. The van der Waals surface area contributed by atoms with E-state index >= 15 is 0 Å². The number of imidazole rings is 1. The van der Waals surface area contributed by atoms with E-state index in [2.05, 4.69) is 0 Å². The van der Waals surface area contributed by atoms with Crippen molar-refractivity contribution in [3.63, 3.8) is 0 Å². The van der Waals surface area contributed by atoms with E-state index < -0.39 is 38.1 Å². The maximum Gasteiger partial charge on any atom is 0.326 e. The Morgan fingerprint density at radius 1 is 1.03 bits per heavy atom. The summed E-state index contributed by atoms with van der Waals surface area (Å²) in [6, 6.07) is 15.5. The van der Waals surface area contributed by atoms with Crippen LogP contribution in [-0.4, -0.2) is 29.5 Å². The zero-order valence-electron chi connectivity index (χ0n) is 22.3. The van der Waals surface area contributed by atoms with Gasteiger partial charge in [0, 0.05) is 6.42 Å². The molecule has 39 heavy (non-hydrogen) atoms. The number of aromatic nitrogens is 2. The lowest BCUT2D eigenvalue weighted by atomic mass is 10.2. The molecular weight excluding hydrogens is 524 g/mol. The molecule has 0 atom stereocenters. The van der Waals surface area contributed by atoms with E-state index in [9.17, 15) is 22.0 Å². The van der Waals surface area contributed by atoms with Gasteiger partial charge in [0.2, 0.25) is 0 Å². The molecule has 7 nitrogen and oxygen atoms in total. The van der Waals surface area contributed by atoms with E-state index in [1.54, 1.807) is 43.5 Å². The Labute approximate surface area is 227 Å². The Balaban J connectivity index is 1.81. The highest BCUT2D eigenvalue weighted by Gasteiger charge is 2.29. The molecule has 0 spiro atoms. The van der Waals surface area contributed by atoms with Crippen LogP contribution >= 0.6 is 0 Å². The fraction of sp³-hybridized carbons (Fsp3) is 0.310. The number of fused-ring (bicyclic) bond motifs is 1. The van der Waals surface area contributed by atoms with Crippen LogP contribution in [0.5, 0.6) is 0 Å². The molecule has 3 aromatic carbocycles. The monoisotopic (exact) mass is 555 g/mol. The van der Waals surface area contributed by atoms with Gasteiger partial charge in [0.1, 0.15) is 34.5 Å².